The molecule has 30 nitrogen and oxygen atoms in total. The normalized spacial score (nSPS) is 16.9. The van der Waals surface area contributed by atoms with Crippen LogP contribution in [0.2, 0.25) is 0 Å². The molecule has 3 atom stereocenters. The minimum atomic E-state index is -1.01. The van der Waals surface area contributed by atoms with Crippen LogP contribution in [-0.4, -0.2) is 183 Å². The Morgan fingerprint density at radius 3 is 1.35 bits per heavy atom. The number of oxime groups is 1. The lowest BCUT2D eigenvalue weighted by molar-refractivity contribution is 0.0478. The first-order valence-corrected chi connectivity index (χ1v) is 40.1. The van der Waals surface area contributed by atoms with Gasteiger partial charge in [-0.25, -0.2) is 33.6 Å². The lowest BCUT2D eigenvalue weighted by atomic mass is 9.86. The van der Waals surface area contributed by atoms with Crippen molar-refractivity contribution in [1.82, 2.24) is 25.8 Å². The quantitative estimate of drug-likeness (QED) is 0.0367. The van der Waals surface area contributed by atoms with Crippen molar-refractivity contribution in [3.8, 4) is 28.7 Å². The number of methoxy groups -OCH3 is 3. The number of carbonyl (C=O) groups is 10. The van der Waals surface area contributed by atoms with Crippen LogP contribution >= 0.6 is 15.9 Å². The van der Waals surface area contributed by atoms with Gasteiger partial charge in [-0.3, -0.25) is 19.4 Å². The largest absolute Gasteiger partial charge is 0.493 e. The molecule has 7 heterocycles. The number of amides is 4. The number of nitrogens with zero attached hydrogens (tertiary/aromatic N) is 4. The molecule has 1 fully saturated rings. The molecule has 0 saturated carbocycles. The highest BCUT2D eigenvalue weighted by Gasteiger charge is 2.33. The number of hydrogen-bond donors (Lipinski definition) is 5. The Labute approximate surface area is 705 Å². The first kappa shape index (κ1) is 91.6. The number of carboxylic acid groups (broad SMARTS) is 1. The smallest absolute Gasteiger partial charge is 0.408 e. The summed E-state index contributed by atoms with van der Waals surface area (Å²) < 4.78 is 57.8. The highest BCUT2D eigenvalue weighted by Crippen LogP contribution is 2.38. The summed E-state index contributed by atoms with van der Waals surface area (Å²) in [7, 11) is 5.86. The third kappa shape index (κ3) is 26.1. The van der Waals surface area contributed by atoms with Crippen LogP contribution in [0.1, 0.15) is 239 Å². The second kappa shape index (κ2) is 41.9. The SMILES string of the molecule is CC(C)(C)OC(=O)NC1CCOc2ccc(C(=O)O)cc21.CN(C(=O)c1ccc2c(c1)C(NC(=O)OC(C)(C)C)CCC2)C1CCN(c2ccncc2)CC1.COC(=O)c1ccc2c(c1)/C(=N/O)CCO2.COC(=O)c1ccc2c(c1)C(=O)CCO2.COC(=O)c1ccc2c(c1)C(NC(=O)OC(C)(C)C)CCO2.O=C1CCOc2ccc(Br)cc21. The predicted octanol–water partition coefficient (Wildman–Crippen LogP) is 15.6. The number of carbonyl (C=O) groups excluding carboxylic acids is 9. The van der Waals surface area contributed by atoms with Gasteiger partial charge in [-0.2, -0.15) is 0 Å². The van der Waals surface area contributed by atoms with E-state index in [2.05, 4.69) is 56.4 Å². The van der Waals surface area contributed by atoms with Gasteiger partial charge in [-0.15, -0.1) is 0 Å². The maximum Gasteiger partial charge on any atom is 0.408 e. The molecule has 0 bridgehead atoms. The van der Waals surface area contributed by atoms with E-state index in [1.165, 1.54) is 50.8 Å². The molecule has 7 aliphatic rings. The second-order valence-corrected chi connectivity index (χ2v) is 32.5. The third-order valence-electron chi connectivity index (χ3n) is 19.5. The number of esters is 3. The van der Waals surface area contributed by atoms with Crippen molar-refractivity contribution >= 4 is 87.0 Å². The summed E-state index contributed by atoms with van der Waals surface area (Å²) in [4.78, 5) is 126. The number of fused-ring (bicyclic) bond motifs is 6. The van der Waals surface area contributed by atoms with Gasteiger partial charge in [0.1, 0.15) is 45.6 Å². The zero-order valence-electron chi connectivity index (χ0n) is 69.7. The van der Waals surface area contributed by atoms with Crippen molar-refractivity contribution in [1.29, 1.82) is 0 Å². The number of pyridine rings is 1. The fourth-order valence-corrected chi connectivity index (χ4v) is 14.1. The molecule has 0 spiro atoms. The van der Waals surface area contributed by atoms with Crippen LogP contribution < -0.4 is 44.5 Å². The number of nitrogens with one attached hydrogen (secondary N) is 3. The van der Waals surface area contributed by atoms with E-state index in [-0.39, 0.29) is 47.2 Å². The highest BCUT2D eigenvalue weighted by molar-refractivity contribution is 9.10. The van der Waals surface area contributed by atoms with Gasteiger partial charge in [0.25, 0.3) is 5.91 Å². The van der Waals surface area contributed by atoms with Gasteiger partial charge in [-0.05, 0) is 221 Å². The number of alkyl carbamates (subject to hydrolysis) is 3. The minimum Gasteiger partial charge on any atom is -0.493 e. The maximum absolute atomic E-state index is 13.4. The number of Topliss-reactive ketones (excluding diaryl/α,β-unsaturated/α-hetero) is 2. The summed E-state index contributed by atoms with van der Waals surface area (Å²) >= 11 is 3.31. The topological polar surface area (TPSA) is 381 Å². The van der Waals surface area contributed by atoms with Crippen molar-refractivity contribution in [3.05, 3.63) is 205 Å². The van der Waals surface area contributed by atoms with Crippen molar-refractivity contribution in [3.63, 3.8) is 0 Å². The lowest BCUT2D eigenvalue weighted by Crippen LogP contribution is -2.45. The lowest BCUT2D eigenvalue weighted by Gasteiger charge is -2.38. The molecule has 1 aliphatic carbocycles. The molecule has 0 radical (unpaired) electrons. The first-order chi connectivity index (χ1) is 57.0. The van der Waals surface area contributed by atoms with E-state index in [9.17, 15) is 47.9 Å². The average Bonchev–Trinajstić information content (AvgIpc) is 0.845. The second-order valence-electron chi connectivity index (χ2n) is 31.6. The van der Waals surface area contributed by atoms with Gasteiger partial charge < -0.3 is 88.2 Å². The number of benzene rings is 6. The molecule has 1 aromatic heterocycles. The monoisotopic (exact) mass is 1720 g/mol. The molecule has 31 heteroatoms. The Balaban J connectivity index is 0.000000169. The molecule has 3 unspecified atom stereocenters. The number of rotatable bonds is 10. The number of aromatic nitrogens is 1. The summed E-state index contributed by atoms with van der Waals surface area (Å²) in [5.41, 5.74) is 7.47. The van der Waals surface area contributed by atoms with E-state index in [4.69, 9.17) is 52.9 Å². The molecule has 1 saturated heterocycles. The van der Waals surface area contributed by atoms with Crippen molar-refractivity contribution < 1.29 is 110 Å². The number of halogens is 1. The number of piperidine rings is 1. The Morgan fingerprint density at radius 2 is 0.875 bits per heavy atom. The minimum absolute atomic E-state index is 0.00185. The van der Waals surface area contributed by atoms with Crippen LogP contribution in [0, 0.1) is 0 Å². The number of anilines is 1. The third-order valence-corrected chi connectivity index (χ3v) is 19.9. The molecule has 4 amide bonds. The molecular weight excluding hydrogens is 1610 g/mol. The van der Waals surface area contributed by atoms with Crippen LogP contribution in [-0.2, 0) is 34.8 Å². The summed E-state index contributed by atoms with van der Waals surface area (Å²) in [6.07, 6.45) is 9.40. The number of aryl methyl sites for hydroxylation is 1. The van der Waals surface area contributed by atoms with Crippen molar-refractivity contribution in [2.75, 3.05) is 79.4 Å². The zero-order valence-corrected chi connectivity index (χ0v) is 71.3. The molecule has 5 N–H and O–H groups in total. The Bertz CT molecular complexity index is 4890. The summed E-state index contributed by atoms with van der Waals surface area (Å²) in [6.45, 7) is 20.5. The van der Waals surface area contributed by atoms with Crippen molar-refractivity contribution in [2.24, 2.45) is 5.16 Å². The molecule has 120 heavy (non-hydrogen) atoms. The average molecular weight is 1720 g/mol. The number of aromatic carboxylic acids is 1. The predicted molar refractivity (Wildman–Crippen MR) is 446 cm³/mol. The van der Waals surface area contributed by atoms with E-state index in [1.807, 2.05) is 87.6 Å². The molecular formula is C89H104BrN7O23. The van der Waals surface area contributed by atoms with Crippen LogP contribution in [0.15, 0.2) is 143 Å². The molecule has 14 rings (SSSR count). The van der Waals surface area contributed by atoms with E-state index in [1.54, 1.807) is 102 Å². The highest BCUT2D eigenvalue weighted by atomic mass is 79.9. The van der Waals surface area contributed by atoms with Gasteiger partial charge in [0, 0.05) is 103 Å². The maximum atomic E-state index is 13.4. The number of carboxylic acids is 1. The van der Waals surface area contributed by atoms with E-state index in [0.29, 0.717) is 144 Å². The van der Waals surface area contributed by atoms with Crippen LogP contribution in [0.5, 0.6) is 28.7 Å². The number of ketones is 2. The Hall–Kier alpha value is -12.3. The Morgan fingerprint density at radius 1 is 0.475 bits per heavy atom. The standard InChI is InChI=1S/C27H36N4O3.C16H21NO5.C15H19NO5.C11H11NO4.C11H10O4.C9H7BrO2/c1-27(2,3)34-26(33)29-24-7-5-6-19-8-9-20(18-23(19)24)25(32)30(4)21-12-16-31(17-13-21)22-10-14-28-15-11-22;1-16(2,3)22-15(19)17-12-7-8-21-13-6-5-10(9-11(12)13)14(18)20-4;1-15(2,3)21-14(19)16-11-6-7-20-12-5-4-9(13(17)18)8-10(11)12;1-15-11(13)7-2-3-10-8(6-7)9(12-14)4-5-16-10;1-14-11(13)7-2-3-10-8(6-7)9(12)4-5-15-10;10-6-1-2-9-7(5-6)8(11)3-4-12-9/h8-11,14-15,18,21,24H,5-7,12-13,16-17H2,1-4H3,(H,29,33);5-6,9,12H,7-8H2,1-4H3,(H,17,19);4-5,8,11H,6-7H2,1-3H3,(H,16,19)(H,17,18);2-3,6,14H,4-5H2,1H3;2-3,6H,4-5H2,1H3;1-2,5H,3-4H2/b;;;12-9+;;. The fraction of sp³-hybridized carbons (Fsp3) is 0.416. The van der Waals surface area contributed by atoms with Gasteiger partial charge in [0.15, 0.2) is 11.6 Å². The van der Waals surface area contributed by atoms with Gasteiger partial charge in [-0.1, -0.05) is 27.2 Å². The molecule has 6 aromatic carbocycles. The molecule has 7 aromatic rings. The molecule has 640 valence electrons. The fourth-order valence-electron chi connectivity index (χ4n) is 13.7. The van der Waals surface area contributed by atoms with Crippen LogP contribution in [0.25, 0.3) is 0 Å². The Kier molecular flexibility index (Phi) is 32.0. The van der Waals surface area contributed by atoms with Crippen LogP contribution in [0.4, 0.5) is 20.1 Å². The number of hydrogen-bond acceptors (Lipinski definition) is 25. The van der Waals surface area contributed by atoms with E-state index < -0.39 is 59.0 Å². The number of ether oxygens (including phenoxy) is 11. The van der Waals surface area contributed by atoms with E-state index in [0.717, 1.165) is 60.8 Å². The molecule has 6 aliphatic heterocycles. The van der Waals surface area contributed by atoms with Crippen molar-refractivity contribution in [2.45, 2.75) is 167 Å². The van der Waals surface area contributed by atoms with Gasteiger partial charge in [0.2, 0.25) is 0 Å². The first-order valence-electron chi connectivity index (χ1n) is 39.3. The summed E-state index contributed by atoms with van der Waals surface area (Å²) in [5.74, 6) is 0.990. The van der Waals surface area contributed by atoms with Gasteiger partial charge in [0.05, 0.1) is 112 Å². The summed E-state index contributed by atoms with van der Waals surface area (Å²) in [5, 5.41) is 29.7. The van der Waals surface area contributed by atoms with E-state index >= 15 is 0 Å². The van der Waals surface area contributed by atoms with Crippen LogP contribution in [0.3, 0.4) is 0 Å². The van der Waals surface area contributed by atoms with Gasteiger partial charge >= 0.3 is 42.2 Å². The summed E-state index contributed by atoms with van der Waals surface area (Å²) in [6, 6.07) is 34.3. The zero-order chi connectivity index (χ0) is 87.2.